The zero-order valence-corrected chi connectivity index (χ0v) is 17.1. The van der Waals surface area contributed by atoms with Crippen molar-refractivity contribution in [1.82, 2.24) is 29.7 Å². The van der Waals surface area contributed by atoms with Crippen molar-refractivity contribution in [2.75, 3.05) is 19.8 Å². The van der Waals surface area contributed by atoms with E-state index in [4.69, 9.17) is 11.3 Å². The number of aromatic nitrogens is 5. The fourth-order valence-corrected chi connectivity index (χ4v) is 4.26. The second-order valence-electron chi connectivity index (χ2n) is 7.92. The van der Waals surface area contributed by atoms with Crippen LogP contribution in [-0.2, 0) is 0 Å². The second kappa shape index (κ2) is 7.43. The molecule has 0 atom stereocenters. The molecule has 0 saturated carbocycles. The Balaban J connectivity index is 1.43. The summed E-state index contributed by atoms with van der Waals surface area (Å²) >= 11 is 0. The van der Waals surface area contributed by atoms with Crippen LogP contribution in [0, 0.1) is 20.4 Å². The van der Waals surface area contributed by atoms with Gasteiger partial charge in [-0.3, -0.25) is 9.94 Å². The third-order valence-corrected chi connectivity index (χ3v) is 5.80. The summed E-state index contributed by atoms with van der Waals surface area (Å²) in [5, 5.41) is 12.9. The molecular formula is C22H23N7O. The van der Waals surface area contributed by atoms with Crippen molar-refractivity contribution in [3.8, 4) is 17.0 Å². The van der Waals surface area contributed by atoms with E-state index in [-0.39, 0.29) is 6.10 Å². The molecule has 3 aromatic heterocycles. The summed E-state index contributed by atoms with van der Waals surface area (Å²) < 4.78 is 8.07. The van der Waals surface area contributed by atoms with Gasteiger partial charge in [0, 0.05) is 24.8 Å². The van der Waals surface area contributed by atoms with Crippen LogP contribution < -0.4 is 4.74 Å². The van der Waals surface area contributed by atoms with Crippen LogP contribution >= 0.6 is 0 Å². The van der Waals surface area contributed by atoms with Gasteiger partial charge >= 0.3 is 0 Å². The minimum atomic E-state index is 0.134. The van der Waals surface area contributed by atoms with Crippen molar-refractivity contribution >= 4 is 16.6 Å². The quantitative estimate of drug-likeness (QED) is 0.529. The molecule has 1 N–H and O–H groups in total. The predicted molar refractivity (Wildman–Crippen MR) is 114 cm³/mol. The summed E-state index contributed by atoms with van der Waals surface area (Å²) in [5.41, 5.74) is 6.22. The zero-order valence-electron chi connectivity index (χ0n) is 17.1. The monoisotopic (exact) mass is 401 g/mol. The molecule has 8 heteroatoms. The van der Waals surface area contributed by atoms with Crippen LogP contribution in [0.15, 0.2) is 30.7 Å². The number of pyridine rings is 1. The van der Waals surface area contributed by atoms with Crippen molar-refractivity contribution in [1.29, 1.82) is 0 Å². The van der Waals surface area contributed by atoms with E-state index in [1.807, 2.05) is 17.6 Å². The van der Waals surface area contributed by atoms with Gasteiger partial charge in [0.25, 0.3) is 6.67 Å². The highest BCUT2D eigenvalue weighted by molar-refractivity contribution is 5.91. The van der Waals surface area contributed by atoms with Crippen molar-refractivity contribution in [2.45, 2.75) is 32.8 Å². The van der Waals surface area contributed by atoms with E-state index in [0.29, 0.717) is 12.5 Å². The van der Waals surface area contributed by atoms with E-state index >= 15 is 0 Å². The van der Waals surface area contributed by atoms with Gasteiger partial charge in [-0.1, -0.05) is 6.07 Å². The normalized spacial score (nSPS) is 15.6. The predicted octanol–water partition coefficient (Wildman–Crippen LogP) is 3.61. The topological polar surface area (TPSA) is 75.7 Å². The number of rotatable bonds is 4. The average Bonchev–Trinajstić information content (AvgIpc) is 3.37. The fourth-order valence-electron chi connectivity index (χ4n) is 4.26. The maximum atomic E-state index is 7.01. The minimum Gasteiger partial charge on any atom is -0.473 e. The smallest absolute Gasteiger partial charge is 0.270 e. The van der Waals surface area contributed by atoms with Crippen LogP contribution in [0.2, 0.25) is 0 Å². The summed E-state index contributed by atoms with van der Waals surface area (Å²) in [4.78, 5) is 9.94. The van der Waals surface area contributed by atoms with E-state index in [9.17, 15) is 0 Å². The summed E-state index contributed by atoms with van der Waals surface area (Å²) in [6.45, 7) is 13.4. The highest BCUT2D eigenvalue weighted by atomic mass is 16.5. The maximum absolute atomic E-state index is 7.01. The minimum absolute atomic E-state index is 0.134. The summed E-state index contributed by atoms with van der Waals surface area (Å²) in [6, 6.07) is 6.41. The van der Waals surface area contributed by atoms with Crippen molar-refractivity contribution < 1.29 is 4.74 Å². The number of piperidine rings is 1. The molecule has 4 aromatic rings. The van der Waals surface area contributed by atoms with Gasteiger partial charge in [-0.2, -0.15) is 5.10 Å². The molecule has 1 saturated heterocycles. The lowest BCUT2D eigenvalue weighted by Gasteiger charge is -2.28. The third kappa shape index (κ3) is 3.27. The van der Waals surface area contributed by atoms with E-state index in [0.717, 1.165) is 64.7 Å². The summed E-state index contributed by atoms with van der Waals surface area (Å²) in [7, 11) is 0. The summed E-state index contributed by atoms with van der Waals surface area (Å²) in [5.74, 6) is 0.667. The van der Waals surface area contributed by atoms with Gasteiger partial charge in [-0.05, 0) is 55.5 Å². The number of fused-ring (bicyclic) bond motifs is 2. The Morgan fingerprint density at radius 3 is 2.77 bits per heavy atom. The standard InChI is InChI=1S/C22H23N7O/c1-14-8-16(17-9-15(2)21-24-12-25-29(21)11-17)10-19-20(14)22(27-26-19)30-18-4-6-28(7-5-18)13-23-3/h8-12,18H,4-7,13H2,1-2H3,(H,26,27). The van der Waals surface area contributed by atoms with E-state index in [1.165, 1.54) is 0 Å². The van der Waals surface area contributed by atoms with Crippen molar-refractivity contribution in [3.63, 3.8) is 0 Å². The Bertz CT molecular complexity index is 1260. The first-order valence-corrected chi connectivity index (χ1v) is 10.1. The first kappa shape index (κ1) is 18.6. The molecule has 5 rings (SSSR count). The van der Waals surface area contributed by atoms with Crippen molar-refractivity contribution in [2.24, 2.45) is 0 Å². The number of hydrogen-bond acceptors (Lipinski definition) is 5. The zero-order chi connectivity index (χ0) is 20.7. The van der Waals surface area contributed by atoms with Gasteiger partial charge < -0.3 is 4.74 Å². The molecule has 152 valence electrons. The number of ether oxygens (including phenoxy) is 1. The Labute approximate surface area is 174 Å². The number of nitrogens with zero attached hydrogens (tertiary/aromatic N) is 6. The number of H-pyrrole nitrogens is 1. The Morgan fingerprint density at radius 2 is 1.97 bits per heavy atom. The molecule has 0 spiro atoms. The lowest BCUT2D eigenvalue weighted by molar-refractivity contribution is 0.104. The molecule has 0 aliphatic carbocycles. The molecule has 4 heterocycles. The number of hydrogen-bond donors (Lipinski definition) is 1. The fraction of sp³-hybridized carbons (Fsp3) is 0.364. The first-order chi connectivity index (χ1) is 14.6. The molecule has 0 unspecified atom stereocenters. The van der Waals surface area contributed by atoms with Crippen LogP contribution in [0.4, 0.5) is 0 Å². The van der Waals surface area contributed by atoms with Crippen molar-refractivity contribution in [3.05, 3.63) is 53.3 Å². The van der Waals surface area contributed by atoms with Crippen LogP contribution in [0.3, 0.4) is 0 Å². The molecule has 30 heavy (non-hydrogen) atoms. The number of benzene rings is 1. The van der Waals surface area contributed by atoms with Crippen LogP contribution in [0.1, 0.15) is 24.0 Å². The average molecular weight is 401 g/mol. The molecular weight excluding hydrogens is 378 g/mol. The first-order valence-electron chi connectivity index (χ1n) is 10.1. The van der Waals surface area contributed by atoms with Gasteiger partial charge in [-0.15, -0.1) is 5.10 Å². The SMILES string of the molecule is [C-]#[N+]CN1CCC(Oc2n[nH]c3cc(-c4cc(C)c5ncnn5c4)cc(C)c23)CC1. The van der Waals surface area contributed by atoms with E-state index in [2.05, 4.69) is 55.1 Å². The lowest BCUT2D eigenvalue weighted by Crippen LogP contribution is -2.38. The Hall–Kier alpha value is -3.44. The van der Waals surface area contributed by atoms with Crippen LogP contribution in [0.5, 0.6) is 5.88 Å². The third-order valence-electron chi connectivity index (χ3n) is 5.80. The van der Waals surface area contributed by atoms with E-state index < -0.39 is 0 Å². The Kier molecular flexibility index (Phi) is 4.60. The van der Waals surface area contributed by atoms with Crippen LogP contribution in [0.25, 0.3) is 32.5 Å². The number of nitrogens with one attached hydrogen (secondary N) is 1. The number of aromatic amines is 1. The van der Waals surface area contributed by atoms with Gasteiger partial charge in [-0.25, -0.2) is 21.0 Å². The Morgan fingerprint density at radius 1 is 1.17 bits per heavy atom. The number of likely N-dealkylation sites (tertiary alicyclic amines) is 1. The van der Waals surface area contributed by atoms with Crippen LogP contribution in [-0.4, -0.2) is 55.6 Å². The molecule has 1 fully saturated rings. The molecule has 0 radical (unpaired) electrons. The summed E-state index contributed by atoms with van der Waals surface area (Å²) in [6.07, 6.45) is 5.54. The van der Waals surface area contributed by atoms with Gasteiger partial charge in [0.15, 0.2) is 5.65 Å². The van der Waals surface area contributed by atoms with Gasteiger partial charge in [0.2, 0.25) is 5.88 Å². The molecule has 1 aliphatic rings. The highest BCUT2D eigenvalue weighted by Gasteiger charge is 2.23. The van der Waals surface area contributed by atoms with E-state index in [1.54, 1.807) is 6.33 Å². The largest absolute Gasteiger partial charge is 0.473 e. The maximum Gasteiger partial charge on any atom is 0.270 e. The molecule has 0 bridgehead atoms. The number of aryl methyl sites for hydroxylation is 2. The molecule has 1 aliphatic heterocycles. The van der Waals surface area contributed by atoms with Gasteiger partial charge in [0.05, 0.1) is 10.9 Å². The molecule has 8 nitrogen and oxygen atoms in total. The molecule has 1 aromatic carbocycles. The molecule has 0 amide bonds. The highest BCUT2D eigenvalue weighted by Crippen LogP contribution is 2.33. The van der Waals surface area contributed by atoms with Gasteiger partial charge in [0.1, 0.15) is 12.4 Å². The lowest BCUT2D eigenvalue weighted by atomic mass is 10.0. The second-order valence-corrected chi connectivity index (χ2v) is 7.92.